The summed E-state index contributed by atoms with van der Waals surface area (Å²) in [5.74, 6) is 0.722. The molecule has 0 atom stereocenters. The van der Waals surface area contributed by atoms with Crippen LogP contribution in [0.2, 0.25) is 5.02 Å². The lowest BCUT2D eigenvalue weighted by Gasteiger charge is -2.07. The number of nitrogens with zero attached hydrogens (tertiary/aromatic N) is 1. The Kier molecular flexibility index (Phi) is 2.80. The quantitative estimate of drug-likeness (QED) is 0.703. The van der Waals surface area contributed by atoms with Crippen LogP contribution in [0.15, 0.2) is 36.4 Å². The van der Waals surface area contributed by atoms with Crippen molar-refractivity contribution in [2.75, 3.05) is 12.8 Å². The summed E-state index contributed by atoms with van der Waals surface area (Å²) in [6, 6.07) is 11.1. The number of anilines is 1. The number of H-pyrrole nitrogens is 1. The lowest BCUT2D eigenvalue weighted by atomic mass is 10.1. The molecule has 0 radical (unpaired) electrons. The number of ether oxygens (including phenoxy) is 1. The van der Waals surface area contributed by atoms with Gasteiger partial charge >= 0.3 is 0 Å². The highest BCUT2D eigenvalue weighted by molar-refractivity contribution is 6.31. The Morgan fingerprint density at radius 2 is 2.11 bits per heavy atom. The molecule has 0 fully saturated rings. The van der Waals surface area contributed by atoms with Crippen LogP contribution in [0, 0.1) is 0 Å². The fraction of sp³-hybridized carbons (Fsp3) is 0.0714. The number of rotatable bonds is 2. The highest BCUT2D eigenvalue weighted by Crippen LogP contribution is 2.36. The summed E-state index contributed by atoms with van der Waals surface area (Å²) in [4.78, 5) is 0. The zero-order valence-corrected chi connectivity index (χ0v) is 11.0. The van der Waals surface area contributed by atoms with Gasteiger partial charge in [0.2, 0.25) is 0 Å². The van der Waals surface area contributed by atoms with E-state index in [2.05, 4.69) is 10.2 Å². The summed E-state index contributed by atoms with van der Waals surface area (Å²) in [5.41, 5.74) is 9.02. The molecule has 1 aromatic heterocycles. The van der Waals surface area contributed by atoms with E-state index in [1.54, 1.807) is 13.2 Å². The molecule has 0 spiro atoms. The Hall–Kier alpha value is -2.20. The molecule has 96 valence electrons. The molecule has 0 aliphatic carbocycles. The van der Waals surface area contributed by atoms with E-state index < -0.39 is 0 Å². The smallest absolute Gasteiger partial charge is 0.128 e. The van der Waals surface area contributed by atoms with Crippen LogP contribution in [0.4, 0.5) is 5.69 Å². The molecule has 3 aromatic rings. The summed E-state index contributed by atoms with van der Waals surface area (Å²) in [6.45, 7) is 0. The molecule has 0 amide bonds. The molecule has 0 bridgehead atoms. The Bertz CT molecular complexity index is 752. The summed E-state index contributed by atoms with van der Waals surface area (Å²) in [6.07, 6.45) is 0. The lowest BCUT2D eigenvalue weighted by molar-refractivity contribution is 0.416. The normalized spacial score (nSPS) is 10.8. The molecule has 0 saturated carbocycles. The van der Waals surface area contributed by atoms with Gasteiger partial charge in [-0.1, -0.05) is 23.7 Å². The Morgan fingerprint density at radius 3 is 2.89 bits per heavy atom. The van der Waals surface area contributed by atoms with Crippen LogP contribution < -0.4 is 10.5 Å². The van der Waals surface area contributed by atoms with Gasteiger partial charge in [-0.3, -0.25) is 5.10 Å². The van der Waals surface area contributed by atoms with Gasteiger partial charge in [0.15, 0.2) is 0 Å². The van der Waals surface area contributed by atoms with Gasteiger partial charge in [0, 0.05) is 16.0 Å². The Morgan fingerprint density at radius 1 is 1.26 bits per heavy atom. The number of halogens is 1. The predicted octanol–water partition coefficient (Wildman–Crippen LogP) is 3.47. The van der Waals surface area contributed by atoms with Gasteiger partial charge in [-0.15, -0.1) is 0 Å². The maximum Gasteiger partial charge on any atom is 0.128 e. The van der Waals surface area contributed by atoms with Crippen LogP contribution in [0.5, 0.6) is 5.75 Å². The third-order valence-corrected chi connectivity index (χ3v) is 3.28. The number of para-hydroxylation sites is 1. The average Bonchev–Trinajstić information content (AvgIpc) is 2.84. The molecule has 0 aliphatic heterocycles. The zero-order chi connectivity index (χ0) is 13.4. The standard InChI is InChI=1S/C14H12ClN3O/c1-19-12-6-5-8(15)7-10(12)13-9-3-2-4-11(16)14(9)18-17-13/h2-7H,16H2,1H3,(H,17,18). The number of aromatic nitrogens is 2. The van der Waals surface area contributed by atoms with E-state index in [1.165, 1.54) is 0 Å². The van der Waals surface area contributed by atoms with Gasteiger partial charge in [-0.25, -0.2) is 0 Å². The van der Waals surface area contributed by atoms with Crippen molar-refractivity contribution < 1.29 is 4.74 Å². The number of methoxy groups -OCH3 is 1. The van der Waals surface area contributed by atoms with Gasteiger partial charge < -0.3 is 10.5 Å². The molecule has 0 saturated heterocycles. The van der Waals surface area contributed by atoms with E-state index in [0.29, 0.717) is 10.7 Å². The first-order chi connectivity index (χ1) is 9.20. The number of benzene rings is 2. The van der Waals surface area contributed by atoms with E-state index in [-0.39, 0.29) is 0 Å². The number of hydrogen-bond donors (Lipinski definition) is 2. The first-order valence-corrected chi connectivity index (χ1v) is 6.15. The monoisotopic (exact) mass is 273 g/mol. The highest BCUT2D eigenvalue weighted by atomic mass is 35.5. The summed E-state index contributed by atoms with van der Waals surface area (Å²) >= 11 is 6.05. The largest absolute Gasteiger partial charge is 0.496 e. The minimum atomic E-state index is 0.635. The molecular formula is C14H12ClN3O. The van der Waals surface area contributed by atoms with E-state index in [4.69, 9.17) is 22.1 Å². The van der Waals surface area contributed by atoms with Crippen LogP contribution in [-0.2, 0) is 0 Å². The van der Waals surface area contributed by atoms with Crippen LogP contribution >= 0.6 is 11.6 Å². The third-order valence-electron chi connectivity index (χ3n) is 3.05. The van der Waals surface area contributed by atoms with Crippen LogP contribution in [0.1, 0.15) is 0 Å². The molecule has 4 nitrogen and oxygen atoms in total. The fourth-order valence-electron chi connectivity index (χ4n) is 2.13. The second-order valence-electron chi connectivity index (χ2n) is 4.19. The van der Waals surface area contributed by atoms with Crippen LogP contribution in [-0.4, -0.2) is 17.3 Å². The molecule has 3 N–H and O–H groups in total. The Balaban J connectivity index is 2.30. The van der Waals surface area contributed by atoms with Crippen molar-refractivity contribution >= 4 is 28.2 Å². The van der Waals surface area contributed by atoms with E-state index in [9.17, 15) is 0 Å². The molecule has 2 aromatic carbocycles. The van der Waals surface area contributed by atoms with Gasteiger partial charge in [-0.05, 0) is 24.3 Å². The molecule has 0 aliphatic rings. The van der Waals surface area contributed by atoms with Crippen molar-refractivity contribution in [3.05, 3.63) is 41.4 Å². The number of aromatic amines is 1. The second kappa shape index (κ2) is 4.48. The average molecular weight is 274 g/mol. The predicted molar refractivity (Wildman–Crippen MR) is 77.5 cm³/mol. The number of nitrogen functional groups attached to an aromatic ring is 1. The molecule has 3 rings (SSSR count). The van der Waals surface area contributed by atoms with E-state index in [0.717, 1.165) is 27.9 Å². The molecule has 1 heterocycles. The maximum absolute atomic E-state index is 6.05. The van der Waals surface area contributed by atoms with Gasteiger partial charge in [0.05, 0.1) is 18.3 Å². The van der Waals surface area contributed by atoms with Crippen LogP contribution in [0.3, 0.4) is 0 Å². The van der Waals surface area contributed by atoms with Crippen molar-refractivity contribution in [3.8, 4) is 17.0 Å². The molecule has 19 heavy (non-hydrogen) atoms. The zero-order valence-electron chi connectivity index (χ0n) is 10.3. The minimum Gasteiger partial charge on any atom is -0.496 e. The summed E-state index contributed by atoms with van der Waals surface area (Å²) in [7, 11) is 1.62. The first kappa shape index (κ1) is 11.9. The summed E-state index contributed by atoms with van der Waals surface area (Å²) in [5, 5.41) is 8.86. The number of nitrogens with two attached hydrogens (primary N) is 1. The number of nitrogens with one attached hydrogen (secondary N) is 1. The minimum absolute atomic E-state index is 0.635. The molecule has 0 unspecified atom stereocenters. The van der Waals surface area contributed by atoms with Gasteiger partial charge in [0.1, 0.15) is 11.4 Å². The van der Waals surface area contributed by atoms with Crippen molar-refractivity contribution in [1.82, 2.24) is 10.2 Å². The highest BCUT2D eigenvalue weighted by Gasteiger charge is 2.14. The second-order valence-corrected chi connectivity index (χ2v) is 4.62. The van der Waals surface area contributed by atoms with Gasteiger partial charge in [0.25, 0.3) is 0 Å². The van der Waals surface area contributed by atoms with E-state index in [1.807, 2.05) is 30.3 Å². The first-order valence-electron chi connectivity index (χ1n) is 5.77. The fourth-order valence-corrected chi connectivity index (χ4v) is 2.31. The molecular weight excluding hydrogens is 262 g/mol. The van der Waals surface area contributed by atoms with Gasteiger partial charge in [-0.2, -0.15) is 5.10 Å². The lowest BCUT2D eigenvalue weighted by Crippen LogP contribution is -1.88. The summed E-state index contributed by atoms with van der Waals surface area (Å²) < 4.78 is 5.36. The van der Waals surface area contributed by atoms with Crippen LogP contribution in [0.25, 0.3) is 22.2 Å². The third kappa shape index (κ3) is 1.90. The van der Waals surface area contributed by atoms with Crippen molar-refractivity contribution in [3.63, 3.8) is 0 Å². The number of fused-ring (bicyclic) bond motifs is 1. The SMILES string of the molecule is COc1ccc(Cl)cc1-c1n[nH]c2c(N)cccc12. The van der Waals surface area contributed by atoms with E-state index >= 15 is 0 Å². The van der Waals surface area contributed by atoms with Crippen molar-refractivity contribution in [1.29, 1.82) is 0 Å². The Labute approximate surface area is 115 Å². The topological polar surface area (TPSA) is 63.9 Å². The van der Waals surface area contributed by atoms with Crippen molar-refractivity contribution in [2.24, 2.45) is 0 Å². The maximum atomic E-state index is 6.05. The molecule has 5 heteroatoms. The van der Waals surface area contributed by atoms with Crippen molar-refractivity contribution in [2.45, 2.75) is 0 Å². The number of hydrogen-bond acceptors (Lipinski definition) is 3.